The van der Waals surface area contributed by atoms with Crippen molar-refractivity contribution in [3.05, 3.63) is 29.8 Å². The van der Waals surface area contributed by atoms with Gasteiger partial charge < -0.3 is 10.5 Å². The lowest BCUT2D eigenvalue weighted by molar-refractivity contribution is -0.0634. The first-order valence-corrected chi connectivity index (χ1v) is 5.53. The molecule has 0 unspecified atom stereocenters. The standard InChI is InChI=1S/C12H17FN2O/c13-5-6-15-7-11(8-15)16-9-10-3-1-2-4-12(10)14/h1-4,11H,5-9,14H2. The predicted molar refractivity (Wildman–Crippen MR) is 61.8 cm³/mol. The minimum Gasteiger partial charge on any atom is -0.398 e. The third kappa shape index (κ3) is 2.71. The van der Waals surface area contributed by atoms with Gasteiger partial charge in [-0.05, 0) is 6.07 Å². The number of nitrogen functional groups attached to an aromatic ring is 1. The van der Waals surface area contributed by atoms with Crippen LogP contribution in [-0.4, -0.2) is 37.3 Å². The van der Waals surface area contributed by atoms with E-state index < -0.39 is 0 Å². The number of hydrogen-bond acceptors (Lipinski definition) is 3. The molecule has 0 spiro atoms. The summed E-state index contributed by atoms with van der Waals surface area (Å²) < 4.78 is 17.7. The lowest BCUT2D eigenvalue weighted by atomic mass is 10.1. The maximum Gasteiger partial charge on any atom is 0.102 e. The van der Waals surface area contributed by atoms with Gasteiger partial charge in [-0.15, -0.1) is 0 Å². The Morgan fingerprint density at radius 2 is 2.12 bits per heavy atom. The zero-order valence-electron chi connectivity index (χ0n) is 9.23. The first kappa shape index (κ1) is 11.4. The van der Waals surface area contributed by atoms with Crippen LogP contribution in [0.2, 0.25) is 0 Å². The SMILES string of the molecule is Nc1ccccc1COC1CN(CCF)C1. The van der Waals surface area contributed by atoms with Crippen LogP contribution >= 0.6 is 0 Å². The number of likely N-dealkylation sites (tertiary alicyclic amines) is 1. The summed E-state index contributed by atoms with van der Waals surface area (Å²) in [4.78, 5) is 2.04. The number of nitrogens with two attached hydrogens (primary N) is 1. The molecule has 16 heavy (non-hydrogen) atoms. The summed E-state index contributed by atoms with van der Waals surface area (Å²) >= 11 is 0. The number of benzene rings is 1. The quantitative estimate of drug-likeness (QED) is 0.769. The van der Waals surface area contributed by atoms with Gasteiger partial charge in [0.1, 0.15) is 6.67 Å². The summed E-state index contributed by atoms with van der Waals surface area (Å²) in [6, 6.07) is 7.69. The van der Waals surface area contributed by atoms with E-state index in [1.165, 1.54) is 0 Å². The monoisotopic (exact) mass is 224 g/mol. The predicted octanol–water partition coefficient (Wildman–Crippen LogP) is 1.44. The minimum absolute atomic E-state index is 0.228. The second-order valence-electron chi connectivity index (χ2n) is 4.08. The summed E-state index contributed by atoms with van der Waals surface area (Å²) in [7, 11) is 0. The van der Waals surface area contributed by atoms with Crippen molar-refractivity contribution >= 4 is 5.69 Å². The molecule has 2 rings (SSSR count). The summed E-state index contributed by atoms with van der Waals surface area (Å²) in [6.07, 6.45) is 0.228. The van der Waals surface area contributed by atoms with Gasteiger partial charge in [-0.25, -0.2) is 4.39 Å². The lowest BCUT2D eigenvalue weighted by Gasteiger charge is -2.38. The van der Waals surface area contributed by atoms with E-state index >= 15 is 0 Å². The minimum atomic E-state index is -0.279. The number of nitrogens with zero attached hydrogens (tertiary/aromatic N) is 1. The highest BCUT2D eigenvalue weighted by molar-refractivity contribution is 5.45. The van der Waals surface area contributed by atoms with Crippen molar-refractivity contribution in [2.75, 3.05) is 32.0 Å². The molecule has 0 aliphatic carbocycles. The number of hydrogen-bond donors (Lipinski definition) is 1. The van der Waals surface area contributed by atoms with Gasteiger partial charge in [-0.1, -0.05) is 18.2 Å². The average Bonchev–Trinajstić information content (AvgIpc) is 2.23. The highest BCUT2D eigenvalue weighted by Gasteiger charge is 2.26. The molecule has 0 radical (unpaired) electrons. The van der Waals surface area contributed by atoms with Gasteiger partial charge in [0.05, 0.1) is 12.7 Å². The molecule has 1 aromatic rings. The van der Waals surface area contributed by atoms with Gasteiger partial charge in [0, 0.05) is 30.9 Å². The molecular formula is C12H17FN2O. The topological polar surface area (TPSA) is 38.5 Å². The van der Waals surface area contributed by atoms with Crippen molar-refractivity contribution in [2.45, 2.75) is 12.7 Å². The second-order valence-corrected chi connectivity index (χ2v) is 4.08. The number of para-hydroxylation sites is 1. The number of rotatable bonds is 5. The first-order chi connectivity index (χ1) is 7.79. The third-order valence-corrected chi connectivity index (χ3v) is 2.85. The molecule has 0 bridgehead atoms. The van der Waals surface area contributed by atoms with Crippen molar-refractivity contribution in [2.24, 2.45) is 0 Å². The molecule has 0 aromatic heterocycles. The Kier molecular flexibility index (Phi) is 3.74. The van der Waals surface area contributed by atoms with Crippen LogP contribution in [0.25, 0.3) is 0 Å². The van der Waals surface area contributed by atoms with Gasteiger partial charge in [0.15, 0.2) is 0 Å². The van der Waals surface area contributed by atoms with E-state index in [0.29, 0.717) is 13.2 Å². The Morgan fingerprint density at radius 1 is 1.38 bits per heavy atom. The highest BCUT2D eigenvalue weighted by atomic mass is 19.1. The summed E-state index contributed by atoms with van der Waals surface area (Å²) in [5.74, 6) is 0. The molecule has 0 amide bonds. The van der Waals surface area contributed by atoms with E-state index in [0.717, 1.165) is 24.3 Å². The Labute approximate surface area is 95.0 Å². The Bertz CT molecular complexity index is 340. The van der Waals surface area contributed by atoms with Crippen LogP contribution in [0, 0.1) is 0 Å². The fraction of sp³-hybridized carbons (Fsp3) is 0.500. The maximum absolute atomic E-state index is 12.0. The van der Waals surface area contributed by atoms with Crippen molar-refractivity contribution < 1.29 is 9.13 Å². The lowest BCUT2D eigenvalue weighted by Crippen LogP contribution is -2.52. The van der Waals surface area contributed by atoms with Crippen LogP contribution in [0.4, 0.5) is 10.1 Å². The summed E-state index contributed by atoms with van der Waals surface area (Å²) in [5, 5.41) is 0. The van der Waals surface area contributed by atoms with Crippen LogP contribution in [0.3, 0.4) is 0 Å². The first-order valence-electron chi connectivity index (χ1n) is 5.53. The van der Waals surface area contributed by atoms with Gasteiger partial charge in [0.2, 0.25) is 0 Å². The molecule has 1 aliphatic heterocycles. The highest BCUT2D eigenvalue weighted by Crippen LogP contribution is 2.16. The maximum atomic E-state index is 12.0. The van der Waals surface area contributed by atoms with Crippen LogP contribution in [0.1, 0.15) is 5.56 Å². The number of halogens is 1. The molecule has 88 valence electrons. The number of ether oxygens (including phenoxy) is 1. The van der Waals surface area contributed by atoms with Crippen LogP contribution < -0.4 is 5.73 Å². The fourth-order valence-electron chi connectivity index (χ4n) is 1.80. The molecule has 3 nitrogen and oxygen atoms in total. The molecule has 2 N–H and O–H groups in total. The molecular weight excluding hydrogens is 207 g/mol. The zero-order chi connectivity index (χ0) is 11.4. The average molecular weight is 224 g/mol. The van der Waals surface area contributed by atoms with Crippen LogP contribution in [0.5, 0.6) is 0 Å². The van der Waals surface area contributed by atoms with E-state index in [-0.39, 0.29) is 12.8 Å². The fourth-order valence-corrected chi connectivity index (χ4v) is 1.80. The summed E-state index contributed by atoms with van der Waals surface area (Å²) in [5.41, 5.74) is 7.59. The largest absolute Gasteiger partial charge is 0.398 e. The summed E-state index contributed by atoms with van der Waals surface area (Å²) in [6.45, 7) is 2.44. The Morgan fingerprint density at radius 3 is 2.81 bits per heavy atom. The smallest absolute Gasteiger partial charge is 0.102 e. The molecule has 1 heterocycles. The van der Waals surface area contributed by atoms with Crippen molar-refractivity contribution in [3.8, 4) is 0 Å². The van der Waals surface area contributed by atoms with Crippen molar-refractivity contribution in [1.82, 2.24) is 4.90 Å². The van der Waals surface area contributed by atoms with Crippen LogP contribution in [0.15, 0.2) is 24.3 Å². The molecule has 0 saturated carbocycles. The van der Waals surface area contributed by atoms with E-state index in [4.69, 9.17) is 10.5 Å². The van der Waals surface area contributed by atoms with Crippen molar-refractivity contribution in [3.63, 3.8) is 0 Å². The normalized spacial score (nSPS) is 17.3. The van der Waals surface area contributed by atoms with Crippen molar-refractivity contribution in [1.29, 1.82) is 0 Å². The number of anilines is 1. The van der Waals surface area contributed by atoms with E-state index in [1.807, 2.05) is 29.2 Å². The Hall–Kier alpha value is -1.13. The molecule has 1 aromatic carbocycles. The molecule has 4 heteroatoms. The Balaban J connectivity index is 1.72. The van der Waals surface area contributed by atoms with E-state index in [2.05, 4.69) is 0 Å². The van der Waals surface area contributed by atoms with Crippen LogP contribution in [-0.2, 0) is 11.3 Å². The second kappa shape index (κ2) is 5.27. The molecule has 0 atom stereocenters. The van der Waals surface area contributed by atoms with E-state index in [9.17, 15) is 4.39 Å². The molecule has 1 aliphatic rings. The third-order valence-electron chi connectivity index (χ3n) is 2.85. The number of alkyl halides is 1. The van der Waals surface area contributed by atoms with Gasteiger partial charge in [0.25, 0.3) is 0 Å². The van der Waals surface area contributed by atoms with Gasteiger partial charge >= 0.3 is 0 Å². The zero-order valence-corrected chi connectivity index (χ0v) is 9.23. The van der Waals surface area contributed by atoms with Gasteiger partial charge in [-0.2, -0.15) is 0 Å². The van der Waals surface area contributed by atoms with E-state index in [1.54, 1.807) is 0 Å². The molecule has 1 fully saturated rings. The molecule has 1 saturated heterocycles. The van der Waals surface area contributed by atoms with Gasteiger partial charge in [-0.3, -0.25) is 4.90 Å².